The van der Waals surface area contributed by atoms with Crippen molar-refractivity contribution in [1.29, 1.82) is 0 Å². The summed E-state index contributed by atoms with van der Waals surface area (Å²) >= 11 is 5.49. The molecule has 0 aliphatic rings. The van der Waals surface area contributed by atoms with E-state index >= 15 is 0 Å². The summed E-state index contributed by atoms with van der Waals surface area (Å²) in [6.07, 6.45) is 4.19. The quantitative estimate of drug-likeness (QED) is 0.636. The van der Waals surface area contributed by atoms with Crippen LogP contribution in [0, 0.1) is 5.92 Å². The molecule has 1 N–H and O–H groups in total. The molecule has 1 aromatic heterocycles. The van der Waals surface area contributed by atoms with E-state index in [-0.39, 0.29) is 10.2 Å². The van der Waals surface area contributed by atoms with E-state index in [1.165, 1.54) is 12.4 Å². The first-order chi connectivity index (χ1) is 7.92. The van der Waals surface area contributed by atoms with Crippen LogP contribution >= 0.6 is 11.6 Å². The molecule has 1 aromatic rings. The van der Waals surface area contributed by atoms with Gasteiger partial charge in [-0.15, -0.1) is 0 Å². The number of hydrogen-bond acceptors (Lipinski definition) is 4. The number of nitrogens with zero attached hydrogens (tertiary/aromatic N) is 2. The Balaban J connectivity index is 2.54. The van der Waals surface area contributed by atoms with Crippen molar-refractivity contribution in [1.82, 2.24) is 14.7 Å². The Labute approximate surface area is 107 Å². The van der Waals surface area contributed by atoms with Crippen molar-refractivity contribution in [2.24, 2.45) is 5.92 Å². The molecule has 0 unspecified atom stereocenters. The highest BCUT2D eigenvalue weighted by Crippen LogP contribution is 2.08. The second-order valence-corrected chi connectivity index (χ2v) is 6.23. The van der Waals surface area contributed by atoms with E-state index in [9.17, 15) is 8.42 Å². The highest BCUT2D eigenvalue weighted by atomic mass is 35.5. The monoisotopic (exact) mass is 277 g/mol. The minimum absolute atomic E-state index is 0.0313. The third-order valence-corrected chi connectivity index (χ3v) is 3.77. The largest absolute Gasteiger partial charge is 0.243 e. The summed E-state index contributed by atoms with van der Waals surface area (Å²) in [7, 11) is -3.51. The summed E-state index contributed by atoms with van der Waals surface area (Å²) in [6.45, 7) is 4.62. The van der Waals surface area contributed by atoms with Gasteiger partial charge in [0.25, 0.3) is 0 Å². The van der Waals surface area contributed by atoms with E-state index < -0.39 is 10.0 Å². The molecule has 0 bridgehead atoms. The molecule has 0 saturated carbocycles. The Morgan fingerprint density at radius 2 is 1.94 bits per heavy atom. The lowest BCUT2D eigenvalue weighted by molar-refractivity contribution is 0.539. The van der Waals surface area contributed by atoms with Crippen LogP contribution in [-0.2, 0) is 10.0 Å². The van der Waals surface area contributed by atoms with Crippen LogP contribution in [0.4, 0.5) is 0 Å². The Morgan fingerprint density at radius 3 is 2.47 bits per heavy atom. The van der Waals surface area contributed by atoms with Gasteiger partial charge in [0.1, 0.15) is 4.90 Å². The molecule has 0 radical (unpaired) electrons. The standard InChI is InChI=1S/C10H16ClN3O2S/c1-8(2)4-3-5-14-17(15,16)9-6-12-10(11)13-7-9/h6-8,14H,3-5H2,1-2H3. The number of hydrogen-bond donors (Lipinski definition) is 1. The lowest BCUT2D eigenvalue weighted by atomic mass is 10.1. The molecule has 0 atom stereocenters. The van der Waals surface area contributed by atoms with E-state index in [1.807, 2.05) is 0 Å². The van der Waals surface area contributed by atoms with Crippen molar-refractivity contribution in [3.8, 4) is 0 Å². The number of rotatable bonds is 6. The lowest BCUT2D eigenvalue weighted by Crippen LogP contribution is -2.25. The van der Waals surface area contributed by atoms with E-state index in [0.29, 0.717) is 12.5 Å². The van der Waals surface area contributed by atoms with Gasteiger partial charge in [-0.2, -0.15) is 0 Å². The predicted molar refractivity (Wildman–Crippen MR) is 66.3 cm³/mol. The van der Waals surface area contributed by atoms with Crippen LogP contribution in [0.2, 0.25) is 5.28 Å². The molecule has 0 aromatic carbocycles. The molecular formula is C10H16ClN3O2S. The first-order valence-corrected chi connectivity index (χ1v) is 7.25. The van der Waals surface area contributed by atoms with Gasteiger partial charge in [0, 0.05) is 6.54 Å². The maximum atomic E-state index is 11.8. The fourth-order valence-corrected chi connectivity index (χ4v) is 2.30. The predicted octanol–water partition coefficient (Wildman–Crippen LogP) is 1.84. The summed E-state index contributed by atoms with van der Waals surface area (Å²) in [5, 5.41) is 0.0313. The van der Waals surface area contributed by atoms with Gasteiger partial charge in [0.15, 0.2) is 0 Å². The average Bonchev–Trinajstić information content (AvgIpc) is 2.25. The number of halogens is 1. The maximum Gasteiger partial charge on any atom is 0.243 e. The summed E-state index contributed by atoms with van der Waals surface area (Å²) in [5.74, 6) is 0.568. The van der Waals surface area contributed by atoms with Crippen molar-refractivity contribution in [3.05, 3.63) is 17.7 Å². The maximum absolute atomic E-state index is 11.8. The molecule has 0 saturated heterocycles. The van der Waals surface area contributed by atoms with Crippen LogP contribution in [0.3, 0.4) is 0 Å². The molecule has 1 rings (SSSR count). The zero-order valence-electron chi connectivity index (χ0n) is 9.85. The third kappa shape index (κ3) is 4.97. The van der Waals surface area contributed by atoms with E-state index in [1.54, 1.807) is 0 Å². The zero-order valence-corrected chi connectivity index (χ0v) is 11.4. The van der Waals surface area contributed by atoms with Crippen LogP contribution < -0.4 is 4.72 Å². The highest BCUT2D eigenvalue weighted by molar-refractivity contribution is 7.89. The second-order valence-electron chi connectivity index (χ2n) is 4.12. The Hall–Kier alpha value is -0.720. The number of aromatic nitrogens is 2. The Kier molecular flexibility index (Phi) is 5.30. The van der Waals surface area contributed by atoms with Crippen LogP contribution in [-0.4, -0.2) is 24.9 Å². The first-order valence-electron chi connectivity index (χ1n) is 5.39. The number of nitrogens with one attached hydrogen (secondary N) is 1. The van der Waals surface area contributed by atoms with Crippen molar-refractivity contribution in [2.45, 2.75) is 31.6 Å². The Morgan fingerprint density at radius 1 is 1.35 bits per heavy atom. The smallest absolute Gasteiger partial charge is 0.225 e. The van der Waals surface area contributed by atoms with Crippen LogP contribution in [0.15, 0.2) is 17.3 Å². The molecule has 0 aliphatic heterocycles. The normalized spacial score (nSPS) is 12.0. The van der Waals surface area contributed by atoms with Crippen molar-refractivity contribution in [3.63, 3.8) is 0 Å². The van der Waals surface area contributed by atoms with Gasteiger partial charge in [0.2, 0.25) is 15.3 Å². The molecule has 5 nitrogen and oxygen atoms in total. The van der Waals surface area contributed by atoms with E-state index in [2.05, 4.69) is 28.5 Å². The molecule has 0 fully saturated rings. The third-order valence-electron chi connectivity index (χ3n) is 2.16. The van der Waals surface area contributed by atoms with Gasteiger partial charge in [-0.05, 0) is 30.4 Å². The molecule has 0 amide bonds. The molecule has 17 heavy (non-hydrogen) atoms. The van der Waals surface area contributed by atoms with Crippen molar-refractivity contribution >= 4 is 21.6 Å². The minimum Gasteiger partial charge on any atom is -0.225 e. The fourth-order valence-electron chi connectivity index (χ4n) is 1.24. The molecule has 1 heterocycles. The van der Waals surface area contributed by atoms with Crippen LogP contribution in [0.25, 0.3) is 0 Å². The molecule has 0 spiro atoms. The molecule has 0 aliphatic carbocycles. The lowest BCUT2D eigenvalue weighted by Gasteiger charge is -2.07. The zero-order chi connectivity index (χ0) is 12.9. The minimum atomic E-state index is -3.51. The molecular weight excluding hydrogens is 262 g/mol. The van der Waals surface area contributed by atoms with Gasteiger partial charge in [-0.3, -0.25) is 0 Å². The SMILES string of the molecule is CC(C)CCCNS(=O)(=O)c1cnc(Cl)nc1. The van der Waals surface area contributed by atoms with Gasteiger partial charge in [-0.25, -0.2) is 23.1 Å². The van der Waals surface area contributed by atoms with Gasteiger partial charge < -0.3 is 0 Å². The highest BCUT2D eigenvalue weighted by Gasteiger charge is 2.14. The van der Waals surface area contributed by atoms with E-state index in [0.717, 1.165) is 12.8 Å². The topological polar surface area (TPSA) is 72.0 Å². The summed E-state index contributed by atoms with van der Waals surface area (Å²) in [6, 6.07) is 0. The van der Waals surface area contributed by atoms with E-state index in [4.69, 9.17) is 11.6 Å². The molecule has 7 heteroatoms. The summed E-state index contributed by atoms with van der Waals surface area (Å²) < 4.78 is 26.0. The van der Waals surface area contributed by atoms with Crippen molar-refractivity contribution < 1.29 is 8.42 Å². The number of sulfonamides is 1. The second kappa shape index (κ2) is 6.28. The van der Waals surface area contributed by atoms with Gasteiger partial charge >= 0.3 is 0 Å². The van der Waals surface area contributed by atoms with Crippen LogP contribution in [0.5, 0.6) is 0 Å². The van der Waals surface area contributed by atoms with Gasteiger partial charge in [0.05, 0.1) is 12.4 Å². The Bertz CT molecular complexity index is 445. The van der Waals surface area contributed by atoms with Crippen molar-refractivity contribution in [2.75, 3.05) is 6.54 Å². The van der Waals surface area contributed by atoms with Gasteiger partial charge in [-0.1, -0.05) is 13.8 Å². The summed E-state index contributed by atoms with van der Waals surface area (Å²) in [4.78, 5) is 7.31. The van der Waals surface area contributed by atoms with Crippen LogP contribution in [0.1, 0.15) is 26.7 Å². The summed E-state index contributed by atoms with van der Waals surface area (Å²) in [5.41, 5.74) is 0. The average molecular weight is 278 g/mol. The molecule has 96 valence electrons. The first kappa shape index (κ1) is 14.3. The fraction of sp³-hybridized carbons (Fsp3) is 0.600.